The molecule has 0 spiro atoms. The van der Waals surface area contributed by atoms with Crippen LogP contribution in [0, 0.1) is 11.3 Å². The van der Waals surface area contributed by atoms with Crippen molar-refractivity contribution < 1.29 is 13.2 Å². The maximum Gasteiger partial charge on any atom is 0.263 e. The summed E-state index contributed by atoms with van der Waals surface area (Å²) in [6.07, 6.45) is -0.321. The Morgan fingerprint density at radius 2 is 1.88 bits per heavy atom. The Bertz CT molecular complexity index is 956. The molecule has 2 rings (SSSR count). The van der Waals surface area contributed by atoms with Crippen LogP contribution in [0.25, 0.3) is 0 Å². The minimum atomic E-state index is -3.86. The quantitative estimate of drug-likeness (QED) is 0.633. The Labute approximate surface area is 159 Å². The van der Waals surface area contributed by atoms with E-state index in [9.17, 15) is 13.2 Å². The van der Waals surface area contributed by atoms with E-state index in [1.54, 1.807) is 6.07 Å². The van der Waals surface area contributed by atoms with Gasteiger partial charge >= 0.3 is 0 Å². The fraction of sp³-hybridized carbons (Fsp3) is 0.0714. The zero-order valence-electron chi connectivity index (χ0n) is 12.9. The van der Waals surface area contributed by atoms with E-state index < -0.39 is 15.9 Å². The van der Waals surface area contributed by atoms with Gasteiger partial charge in [-0.05, 0) is 48.6 Å². The van der Waals surface area contributed by atoms with E-state index in [1.807, 2.05) is 0 Å². The predicted octanol–water partition coefficient (Wildman–Crippen LogP) is 1.66. The van der Waals surface area contributed by atoms with Gasteiger partial charge in [0.25, 0.3) is 10.0 Å². The number of sulfonamides is 1. The van der Waals surface area contributed by atoms with Crippen LogP contribution >= 0.6 is 23.8 Å². The maximum absolute atomic E-state index is 12.3. The number of rotatable bonds is 5. The lowest BCUT2D eigenvalue weighted by Gasteiger charge is -2.10. The molecular formula is C14H11ClN6O3S2. The molecule has 1 heterocycles. The van der Waals surface area contributed by atoms with Gasteiger partial charge in [0.05, 0.1) is 11.0 Å². The molecule has 26 heavy (non-hydrogen) atoms. The molecule has 0 bridgehead atoms. The molecule has 0 saturated heterocycles. The first kappa shape index (κ1) is 19.5. The van der Waals surface area contributed by atoms with E-state index in [2.05, 4.69) is 25.6 Å². The van der Waals surface area contributed by atoms with Crippen LogP contribution in [-0.4, -0.2) is 29.6 Å². The van der Waals surface area contributed by atoms with E-state index in [-0.39, 0.29) is 27.4 Å². The van der Waals surface area contributed by atoms with Crippen LogP contribution < -0.4 is 15.4 Å². The second-order valence-corrected chi connectivity index (χ2v) is 7.19. The third kappa shape index (κ3) is 5.62. The summed E-state index contributed by atoms with van der Waals surface area (Å²) in [6, 6.07) is 10.1. The monoisotopic (exact) mass is 410 g/mol. The highest BCUT2D eigenvalue weighted by Crippen LogP contribution is 2.17. The van der Waals surface area contributed by atoms with E-state index >= 15 is 0 Å². The largest absolute Gasteiger partial charge is 0.332 e. The molecule has 0 aliphatic rings. The number of carbonyl (C=O) groups excluding carboxylic acids is 1. The van der Waals surface area contributed by atoms with Crippen molar-refractivity contribution in [2.45, 2.75) is 11.3 Å². The van der Waals surface area contributed by atoms with Gasteiger partial charge < -0.3 is 10.6 Å². The first-order valence-electron chi connectivity index (χ1n) is 6.90. The third-order valence-corrected chi connectivity index (χ3v) is 4.56. The van der Waals surface area contributed by atoms with E-state index in [0.29, 0.717) is 5.69 Å². The molecule has 1 amide bonds. The van der Waals surface area contributed by atoms with Crippen LogP contribution in [0.3, 0.4) is 0 Å². The number of nitriles is 1. The standard InChI is InChI=1S/C14H11ClN6O3S2/c15-11-5-6-12(20-19-11)21-26(23,24)10-3-1-9(2-4-10)17-14(25)18-13(22)7-8-16/h1-6H,7H2,(H,20,21)(H2,17,18,22,25). The second kappa shape index (κ2) is 8.52. The number of amides is 1. The lowest BCUT2D eigenvalue weighted by atomic mass is 10.3. The molecule has 134 valence electrons. The van der Waals surface area contributed by atoms with Gasteiger partial charge in [0.15, 0.2) is 16.1 Å². The smallest absolute Gasteiger partial charge is 0.263 e. The molecule has 0 radical (unpaired) electrons. The van der Waals surface area contributed by atoms with Gasteiger partial charge in [-0.25, -0.2) is 8.42 Å². The van der Waals surface area contributed by atoms with Crippen molar-refractivity contribution in [3.63, 3.8) is 0 Å². The SMILES string of the molecule is N#CCC(=O)NC(=S)Nc1ccc(S(=O)(=O)Nc2ccc(Cl)nn2)cc1. The molecule has 1 aromatic heterocycles. The highest BCUT2D eigenvalue weighted by molar-refractivity contribution is 7.92. The highest BCUT2D eigenvalue weighted by Gasteiger charge is 2.15. The number of hydrogen-bond donors (Lipinski definition) is 3. The molecular weight excluding hydrogens is 400 g/mol. The average molecular weight is 411 g/mol. The third-order valence-electron chi connectivity index (χ3n) is 2.79. The number of hydrogen-bond acceptors (Lipinski definition) is 7. The van der Waals surface area contributed by atoms with Crippen LogP contribution in [0.1, 0.15) is 6.42 Å². The lowest BCUT2D eigenvalue weighted by molar-refractivity contribution is -0.118. The Hall–Kier alpha value is -2.81. The van der Waals surface area contributed by atoms with Gasteiger partial charge in [0.1, 0.15) is 6.42 Å². The summed E-state index contributed by atoms with van der Waals surface area (Å²) in [5.74, 6) is -0.518. The number of carbonyl (C=O) groups is 1. The van der Waals surface area contributed by atoms with Crippen molar-refractivity contribution in [2.24, 2.45) is 0 Å². The minimum Gasteiger partial charge on any atom is -0.332 e. The van der Waals surface area contributed by atoms with E-state index in [1.165, 1.54) is 36.4 Å². The average Bonchev–Trinajstić information content (AvgIpc) is 2.57. The minimum absolute atomic E-state index is 0.00424. The molecule has 0 aliphatic heterocycles. The summed E-state index contributed by atoms with van der Waals surface area (Å²) in [4.78, 5) is 11.2. The van der Waals surface area contributed by atoms with Gasteiger partial charge in [0.2, 0.25) is 5.91 Å². The van der Waals surface area contributed by atoms with Gasteiger partial charge in [-0.3, -0.25) is 9.52 Å². The second-order valence-electron chi connectivity index (χ2n) is 4.71. The highest BCUT2D eigenvalue weighted by atomic mass is 35.5. The van der Waals surface area contributed by atoms with Gasteiger partial charge in [-0.2, -0.15) is 5.26 Å². The van der Waals surface area contributed by atoms with Crippen molar-refractivity contribution in [1.29, 1.82) is 5.26 Å². The molecule has 0 unspecified atom stereocenters. The number of halogens is 1. The molecule has 1 aromatic carbocycles. The van der Waals surface area contributed by atoms with Gasteiger partial charge in [-0.15, -0.1) is 10.2 Å². The van der Waals surface area contributed by atoms with E-state index in [4.69, 9.17) is 29.1 Å². The summed E-state index contributed by atoms with van der Waals surface area (Å²) in [7, 11) is -3.86. The number of thiocarbonyl (C=S) groups is 1. The number of nitrogens with one attached hydrogen (secondary N) is 3. The molecule has 2 aromatic rings. The molecule has 0 atom stereocenters. The van der Waals surface area contributed by atoms with Gasteiger partial charge in [-0.1, -0.05) is 11.6 Å². The van der Waals surface area contributed by atoms with Crippen LogP contribution in [0.5, 0.6) is 0 Å². The Morgan fingerprint density at radius 1 is 1.19 bits per heavy atom. The first-order chi connectivity index (χ1) is 12.3. The normalized spacial score (nSPS) is 10.5. The molecule has 9 nitrogen and oxygen atoms in total. The number of anilines is 2. The van der Waals surface area contributed by atoms with Crippen LogP contribution in [-0.2, 0) is 14.8 Å². The maximum atomic E-state index is 12.3. The Kier molecular flexibility index (Phi) is 6.40. The Morgan fingerprint density at radius 3 is 2.46 bits per heavy atom. The van der Waals surface area contributed by atoms with Crippen molar-refractivity contribution in [3.8, 4) is 6.07 Å². The van der Waals surface area contributed by atoms with Crippen molar-refractivity contribution in [2.75, 3.05) is 10.0 Å². The molecule has 0 fully saturated rings. The van der Waals surface area contributed by atoms with Crippen molar-refractivity contribution in [1.82, 2.24) is 15.5 Å². The van der Waals surface area contributed by atoms with Crippen LogP contribution in [0.2, 0.25) is 5.15 Å². The predicted molar refractivity (Wildman–Crippen MR) is 98.9 cm³/mol. The lowest BCUT2D eigenvalue weighted by Crippen LogP contribution is -2.33. The number of nitrogens with zero attached hydrogens (tertiary/aromatic N) is 3. The van der Waals surface area contributed by atoms with Crippen molar-refractivity contribution >= 4 is 56.4 Å². The molecule has 3 N–H and O–H groups in total. The topological polar surface area (TPSA) is 137 Å². The fourth-order valence-corrected chi connectivity index (χ4v) is 3.02. The summed E-state index contributed by atoms with van der Waals surface area (Å²) in [6.45, 7) is 0. The molecule has 12 heteroatoms. The van der Waals surface area contributed by atoms with Crippen molar-refractivity contribution in [3.05, 3.63) is 41.6 Å². The fourth-order valence-electron chi connectivity index (χ4n) is 1.69. The van der Waals surface area contributed by atoms with Gasteiger partial charge in [0, 0.05) is 5.69 Å². The molecule has 0 saturated carbocycles. The zero-order chi connectivity index (χ0) is 19.2. The van der Waals surface area contributed by atoms with E-state index in [0.717, 1.165) is 0 Å². The number of aromatic nitrogens is 2. The number of benzene rings is 1. The Balaban J connectivity index is 2.03. The molecule has 0 aliphatic carbocycles. The zero-order valence-corrected chi connectivity index (χ0v) is 15.3. The summed E-state index contributed by atoms with van der Waals surface area (Å²) in [5, 5.41) is 20.7. The summed E-state index contributed by atoms with van der Waals surface area (Å²) in [5.41, 5.74) is 0.456. The van der Waals surface area contributed by atoms with Crippen LogP contribution in [0.4, 0.5) is 11.5 Å². The van der Waals surface area contributed by atoms with Crippen LogP contribution in [0.15, 0.2) is 41.3 Å². The summed E-state index contributed by atoms with van der Waals surface area (Å²) < 4.78 is 26.9. The summed E-state index contributed by atoms with van der Waals surface area (Å²) >= 11 is 10.5. The first-order valence-corrected chi connectivity index (χ1v) is 9.17.